The van der Waals surface area contributed by atoms with E-state index in [-0.39, 0.29) is 0 Å². The molecule has 0 aliphatic rings. The molecule has 0 N–H and O–H groups in total. The fourth-order valence-corrected chi connectivity index (χ4v) is 2.37. The predicted octanol–water partition coefficient (Wildman–Crippen LogP) is 4.09. The zero-order chi connectivity index (χ0) is 13.4. The van der Waals surface area contributed by atoms with E-state index in [2.05, 4.69) is 16.0 Å². The van der Waals surface area contributed by atoms with Gasteiger partial charge in [-0.15, -0.1) is 0 Å². The van der Waals surface area contributed by atoms with Crippen molar-refractivity contribution in [1.29, 1.82) is 0 Å². The molecular weight excluding hydrogens is 281 g/mol. The van der Waals surface area contributed by atoms with Crippen LogP contribution in [0.3, 0.4) is 0 Å². The Morgan fingerprint density at radius 2 is 2.00 bits per heavy atom. The van der Waals surface area contributed by atoms with Gasteiger partial charge in [0.05, 0.1) is 28.3 Å². The van der Waals surface area contributed by atoms with E-state index in [1.807, 2.05) is 35.8 Å². The summed E-state index contributed by atoms with van der Waals surface area (Å²) in [5.41, 5.74) is 3.98. The van der Waals surface area contributed by atoms with Gasteiger partial charge in [0.15, 0.2) is 0 Å². The molecule has 0 bridgehead atoms. The Bertz CT molecular complexity index is 732. The Morgan fingerprint density at radius 3 is 2.74 bits per heavy atom. The highest BCUT2D eigenvalue weighted by Crippen LogP contribution is 2.22. The largest absolute Gasteiger partial charge is 0.309 e. The molecule has 2 aromatic heterocycles. The maximum Gasteiger partial charge on any atom is 0.204 e. The highest BCUT2D eigenvalue weighted by Gasteiger charge is 2.09. The third kappa shape index (κ3) is 2.44. The zero-order valence-corrected chi connectivity index (χ0v) is 11.8. The predicted molar refractivity (Wildman–Crippen MR) is 77.8 cm³/mol. The Labute approximate surface area is 120 Å². The molecule has 0 saturated carbocycles. The maximum absolute atomic E-state index is 6.20. The van der Waals surface area contributed by atoms with Crippen LogP contribution >= 0.6 is 23.2 Å². The second-order valence-electron chi connectivity index (χ2n) is 4.43. The molecule has 5 heteroatoms. The molecule has 0 radical (unpaired) electrons. The molecule has 0 aliphatic carbocycles. The lowest BCUT2D eigenvalue weighted by Gasteiger charge is -2.05. The Hall–Kier alpha value is -1.58. The molecule has 0 spiro atoms. The van der Waals surface area contributed by atoms with E-state index >= 15 is 0 Å². The van der Waals surface area contributed by atoms with Gasteiger partial charge >= 0.3 is 0 Å². The number of aromatic nitrogens is 3. The van der Waals surface area contributed by atoms with Crippen molar-refractivity contribution in [2.75, 3.05) is 0 Å². The zero-order valence-electron chi connectivity index (χ0n) is 10.3. The number of hydrogen-bond acceptors (Lipinski definition) is 2. The summed E-state index contributed by atoms with van der Waals surface area (Å²) in [4.78, 5) is 8.63. The van der Waals surface area contributed by atoms with Crippen LogP contribution in [0.5, 0.6) is 0 Å². The van der Waals surface area contributed by atoms with Crippen molar-refractivity contribution in [3.05, 3.63) is 58.1 Å². The Morgan fingerprint density at radius 1 is 1.16 bits per heavy atom. The van der Waals surface area contributed by atoms with Crippen LogP contribution in [0.1, 0.15) is 11.3 Å². The van der Waals surface area contributed by atoms with Crippen molar-refractivity contribution in [1.82, 2.24) is 14.5 Å². The van der Waals surface area contributed by atoms with Gasteiger partial charge < -0.3 is 4.57 Å². The number of rotatable bonds is 2. The third-order valence-electron chi connectivity index (χ3n) is 2.97. The molecule has 3 nitrogen and oxygen atoms in total. The van der Waals surface area contributed by atoms with E-state index in [1.54, 1.807) is 6.20 Å². The summed E-state index contributed by atoms with van der Waals surface area (Å²) in [5.74, 6) is 0. The average Bonchev–Trinajstić information content (AvgIpc) is 2.69. The van der Waals surface area contributed by atoms with Crippen LogP contribution in [-0.4, -0.2) is 14.5 Å². The molecule has 0 unspecified atom stereocenters. The summed E-state index contributed by atoms with van der Waals surface area (Å²) in [6.07, 6.45) is 1.63. The molecule has 2 heterocycles. The van der Waals surface area contributed by atoms with Crippen LogP contribution in [0.15, 0.2) is 36.5 Å². The van der Waals surface area contributed by atoms with Gasteiger partial charge in [0.2, 0.25) is 5.28 Å². The lowest BCUT2D eigenvalue weighted by Crippen LogP contribution is -2.01. The quantitative estimate of drug-likeness (QED) is 0.712. The molecule has 19 heavy (non-hydrogen) atoms. The van der Waals surface area contributed by atoms with Gasteiger partial charge in [-0.2, -0.15) is 0 Å². The number of hydrogen-bond donors (Lipinski definition) is 0. The number of imidazole rings is 1. The molecule has 0 aliphatic heterocycles. The van der Waals surface area contributed by atoms with Crippen molar-refractivity contribution < 1.29 is 0 Å². The lowest BCUT2D eigenvalue weighted by atomic mass is 10.2. The number of benzene rings is 1. The topological polar surface area (TPSA) is 30.7 Å². The van der Waals surface area contributed by atoms with E-state index in [4.69, 9.17) is 23.2 Å². The molecule has 96 valence electrons. The minimum Gasteiger partial charge on any atom is -0.309 e. The van der Waals surface area contributed by atoms with Crippen molar-refractivity contribution in [2.24, 2.45) is 0 Å². The molecule has 0 fully saturated rings. The fourth-order valence-electron chi connectivity index (χ4n) is 2.02. The van der Waals surface area contributed by atoms with Gasteiger partial charge in [0, 0.05) is 6.20 Å². The molecule has 0 atom stereocenters. The lowest BCUT2D eigenvalue weighted by molar-refractivity contribution is 0.798. The average molecular weight is 292 g/mol. The Balaban J connectivity index is 2.06. The maximum atomic E-state index is 6.20. The summed E-state index contributed by atoms with van der Waals surface area (Å²) in [7, 11) is 0. The second kappa shape index (κ2) is 4.83. The summed E-state index contributed by atoms with van der Waals surface area (Å²) in [6, 6.07) is 9.78. The molecule has 0 amide bonds. The van der Waals surface area contributed by atoms with E-state index in [0.717, 1.165) is 16.7 Å². The van der Waals surface area contributed by atoms with Gasteiger partial charge in [0.1, 0.15) is 0 Å². The summed E-state index contributed by atoms with van der Waals surface area (Å²) >= 11 is 12.0. The standard InChI is InChI=1S/C14H11Cl2N3/c1-9-2-5-12-13(6-9)19(14(16)18-12)8-11-4-3-10(15)7-17-11/h2-7H,8H2,1H3. The van der Waals surface area contributed by atoms with Crippen LogP contribution in [0.25, 0.3) is 11.0 Å². The van der Waals surface area contributed by atoms with Gasteiger partial charge in [-0.1, -0.05) is 17.7 Å². The summed E-state index contributed by atoms with van der Waals surface area (Å²) in [6.45, 7) is 2.63. The van der Waals surface area contributed by atoms with Crippen LogP contribution in [0.4, 0.5) is 0 Å². The van der Waals surface area contributed by atoms with Crippen molar-refractivity contribution in [3.8, 4) is 0 Å². The first-order chi connectivity index (χ1) is 9.13. The van der Waals surface area contributed by atoms with E-state index in [0.29, 0.717) is 16.9 Å². The number of aryl methyl sites for hydroxylation is 1. The third-order valence-corrected chi connectivity index (χ3v) is 3.48. The number of nitrogens with zero attached hydrogens (tertiary/aromatic N) is 3. The highest BCUT2D eigenvalue weighted by molar-refractivity contribution is 6.30. The molecule has 1 aromatic carbocycles. The summed E-state index contributed by atoms with van der Waals surface area (Å²) in [5, 5.41) is 1.10. The van der Waals surface area contributed by atoms with Gasteiger partial charge in [-0.25, -0.2) is 4.98 Å². The minimum absolute atomic E-state index is 0.470. The SMILES string of the molecule is Cc1ccc2nc(Cl)n(Cc3ccc(Cl)cn3)c2c1. The van der Waals surface area contributed by atoms with Crippen LogP contribution in [-0.2, 0) is 6.54 Å². The molecule has 3 aromatic rings. The van der Waals surface area contributed by atoms with Gasteiger partial charge in [-0.3, -0.25) is 4.98 Å². The smallest absolute Gasteiger partial charge is 0.204 e. The van der Waals surface area contributed by atoms with E-state index < -0.39 is 0 Å². The normalized spacial score (nSPS) is 11.1. The molecule has 3 rings (SSSR count). The van der Waals surface area contributed by atoms with Crippen molar-refractivity contribution in [3.63, 3.8) is 0 Å². The van der Waals surface area contributed by atoms with Crippen LogP contribution < -0.4 is 0 Å². The first-order valence-electron chi connectivity index (χ1n) is 5.86. The number of pyridine rings is 1. The van der Waals surface area contributed by atoms with Crippen LogP contribution in [0, 0.1) is 6.92 Å². The summed E-state index contributed by atoms with van der Waals surface area (Å²) < 4.78 is 1.94. The fraction of sp³-hybridized carbons (Fsp3) is 0.143. The monoisotopic (exact) mass is 291 g/mol. The van der Waals surface area contributed by atoms with E-state index in [1.165, 1.54) is 5.56 Å². The van der Waals surface area contributed by atoms with Crippen LogP contribution in [0.2, 0.25) is 10.3 Å². The Kier molecular flexibility index (Phi) is 3.17. The van der Waals surface area contributed by atoms with Crippen molar-refractivity contribution in [2.45, 2.75) is 13.5 Å². The number of halogens is 2. The highest BCUT2D eigenvalue weighted by atomic mass is 35.5. The molecule has 0 saturated heterocycles. The minimum atomic E-state index is 0.470. The van der Waals surface area contributed by atoms with Gasteiger partial charge in [0.25, 0.3) is 0 Å². The first kappa shape index (κ1) is 12.5. The second-order valence-corrected chi connectivity index (χ2v) is 5.20. The van der Waals surface area contributed by atoms with E-state index in [9.17, 15) is 0 Å². The number of fused-ring (bicyclic) bond motifs is 1. The first-order valence-corrected chi connectivity index (χ1v) is 6.62. The van der Waals surface area contributed by atoms with Gasteiger partial charge in [-0.05, 0) is 48.4 Å². The molecular formula is C14H11Cl2N3. The van der Waals surface area contributed by atoms with Crippen molar-refractivity contribution >= 4 is 34.2 Å².